The minimum atomic E-state index is -0.636. The SMILES string of the molecule is CC(C)CC(O)c1cc(F)cc(Cl)c1. The van der Waals surface area contributed by atoms with E-state index in [2.05, 4.69) is 0 Å². The molecule has 1 nitrogen and oxygen atoms in total. The standard InChI is InChI=1S/C11H14ClFO/c1-7(2)3-11(14)8-4-9(12)6-10(13)5-8/h4-7,11,14H,3H2,1-2H3. The van der Waals surface area contributed by atoms with Crippen LogP contribution in [0.15, 0.2) is 18.2 Å². The number of aliphatic hydroxyl groups is 1. The van der Waals surface area contributed by atoms with Crippen molar-refractivity contribution in [1.29, 1.82) is 0 Å². The molecule has 1 N–H and O–H groups in total. The summed E-state index contributed by atoms with van der Waals surface area (Å²) in [5.74, 6) is -0.0395. The molecular weight excluding hydrogens is 203 g/mol. The maximum atomic E-state index is 12.9. The zero-order valence-corrected chi connectivity index (χ0v) is 9.05. The number of hydrogen-bond acceptors (Lipinski definition) is 1. The summed E-state index contributed by atoms with van der Waals surface area (Å²) in [7, 11) is 0. The van der Waals surface area contributed by atoms with Crippen LogP contribution in [0.5, 0.6) is 0 Å². The number of aliphatic hydroxyl groups excluding tert-OH is 1. The van der Waals surface area contributed by atoms with Crippen LogP contribution in [0.3, 0.4) is 0 Å². The Morgan fingerprint density at radius 2 is 2.00 bits per heavy atom. The smallest absolute Gasteiger partial charge is 0.125 e. The number of benzene rings is 1. The maximum absolute atomic E-state index is 12.9. The second kappa shape index (κ2) is 4.76. The Hall–Kier alpha value is -0.600. The topological polar surface area (TPSA) is 20.2 Å². The predicted molar refractivity (Wildman–Crippen MR) is 55.8 cm³/mol. The van der Waals surface area contributed by atoms with E-state index in [1.165, 1.54) is 12.1 Å². The zero-order chi connectivity index (χ0) is 10.7. The molecule has 14 heavy (non-hydrogen) atoms. The van der Waals surface area contributed by atoms with Crippen molar-refractivity contribution in [2.75, 3.05) is 0 Å². The summed E-state index contributed by atoms with van der Waals surface area (Å²) in [6, 6.07) is 4.14. The van der Waals surface area contributed by atoms with Gasteiger partial charge in [-0.2, -0.15) is 0 Å². The van der Waals surface area contributed by atoms with E-state index in [9.17, 15) is 9.50 Å². The molecule has 1 unspecified atom stereocenters. The zero-order valence-electron chi connectivity index (χ0n) is 8.30. The van der Waals surface area contributed by atoms with Gasteiger partial charge in [-0.3, -0.25) is 0 Å². The molecule has 3 heteroatoms. The van der Waals surface area contributed by atoms with Gasteiger partial charge in [0.2, 0.25) is 0 Å². The van der Waals surface area contributed by atoms with Crippen molar-refractivity contribution < 1.29 is 9.50 Å². The second-order valence-electron chi connectivity index (χ2n) is 3.85. The summed E-state index contributed by atoms with van der Waals surface area (Å²) in [6.45, 7) is 4.01. The molecule has 78 valence electrons. The van der Waals surface area contributed by atoms with Crippen molar-refractivity contribution in [1.82, 2.24) is 0 Å². The fourth-order valence-corrected chi connectivity index (χ4v) is 1.58. The molecule has 0 radical (unpaired) electrons. The summed E-state index contributed by atoms with van der Waals surface area (Å²) in [4.78, 5) is 0. The molecule has 0 saturated carbocycles. The van der Waals surface area contributed by atoms with Gasteiger partial charge in [-0.25, -0.2) is 4.39 Å². The lowest BCUT2D eigenvalue weighted by Crippen LogP contribution is -2.02. The number of halogens is 2. The van der Waals surface area contributed by atoms with Gasteiger partial charge in [-0.1, -0.05) is 25.4 Å². The normalized spacial score (nSPS) is 13.3. The summed E-state index contributed by atoms with van der Waals surface area (Å²) in [6.07, 6.45) is -0.0250. The molecule has 0 fully saturated rings. The molecule has 0 saturated heterocycles. The fourth-order valence-electron chi connectivity index (χ4n) is 1.35. The maximum Gasteiger partial charge on any atom is 0.125 e. The van der Waals surface area contributed by atoms with Crippen LogP contribution in [-0.4, -0.2) is 5.11 Å². The second-order valence-corrected chi connectivity index (χ2v) is 4.28. The van der Waals surface area contributed by atoms with Crippen molar-refractivity contribution >= 4 is 11.6 Å². The Labute approximate surface area is 88.5 Å². The van der Waals surface area contributed by atoms with Gasteiger partial charge in [-0.15, -0.1) is 0 Å². The third-order valence-electron chi connectivity index (χ3n) is 1.96. The molecule has 0 spiro atoms. The third kappa shape index (κ3) is 3.28. The minimum absolute atomic E-state index is 0.322. The van der Waals surface area contributed by atoms with Crippen LogP contribution in [0.1, 0.15) is 31.9 Å². The van der Waals surface area contributed by atoms with E-state index in [0.29, 0.717) is 22.9 Å². The highest BCUT2D eigenvalue weighted by atomic mass is 35.5. The van der Waals surface area contributed by atoms with Crippen molar-refractivity contribution in [2.45, 2.75) is 26.4 Å². The van der Waals surface area contributed by atoms with Crippen LogP contribution >= 0.6 is 11.6 Å². The van der Waals surface area contributed by atoms with Gasteiger partial charge in [0, 0.05) is 5.02 Å². The molecule has 0 aliphatic carbocycles. The Morgan fingerprint density at radius 3 is 2.50 bits per heavy atom. The predicted octanol–water partition coefficient (Wildman–Crippen LogP) is 3.56. The first-order valence-electron chi connectivity index (χ1n) is 4.63. The number of rotatable bonds is 3. The molecule has 0 aliphatic rings. The van der Waals surface area contributed by atoms with E-state index in [1.54, 1.807) is 6.07 Å². The van der Waals surface area contributed by atoms with Crippen LogP contribution in [0.4, 0.5) is 4.39 Å². The van der Waals surface area contributed by atoms with Crippen LogP contribution in [0.2, 0.25) is 5.02 Å². The van der Waals surface area contributed by atoms with Gasteiger partial charge in [0.15, 0.2) is 0 Å². The van der Waals surface area contributed by atoms with Gasteiger partial charge in [0.1, 0.15) is 5.82 Å². The van der Waals surface area contributed by atoms with E-state index < -0.39 is 11.9 Å². The van der Waals surface area contributed by atoms with Gasteiger partial charge >= 0.3 is 0 Å². The van der Waals surface area contributed by atoms with Gasteiger partial charge in [-0.05, 0) is 36.1 Å². The minimum Gasteiger partial charge on any atom is -0.388 e. The highest BCUT2D eigenvalue weighted by Crippen LogP contribution is 2.24. The first-order valence-corrected chi connectivity index (χ1v) is 5.01. The van der Waals surface area contributed by atoms with Gasteiger partial charge in [0.05, 0.1) is 6.10 Å². The van der Waals surface area contributed by atoms with Gasteiger partial charge < -0.3 is 5.11 Å². The largest absolute Gasteiger partial charge is 0.388 e. The quantitative estimate of drug-likeness (QED) is 0.819. The first kappa shape index (κ1) is 11.5. The van der Waals surface area contributed by atoms with Crippen LogP contribution in [0, 0.1) is 11.7 Å². The Kier molecular flexibility index (Phi) is 3.90. The van der Waals surface area contributed by atoms with E-state index in [1.807, 2.05) is 13.8 Å². The highest BCUT2D eigenvalue weighted by molar-refractivity contribution is 6.30. The van der Waals surface area contributed by atoms with Crippen molar-refractivity contribution in [3.63, 3.8) is 0 Å². The lowest BCUT2D eigenvalue weighted by atomic mass is 10.00. The lowest BCUT2D eigenvalue weighted by Gasteiger charge is -2.13. The molecule has 1 aromatic carbocycles. The number of hydrogen-bond donors (Lipinski definition) is 1. The fraction of sp³-hybridized carbons (Fsp3) is 0.455. The summed E-state index contributed by atoms with van der Waals surface area (Å²) >= 11 is 5.68. The lowest BCUT2D eigenvalue weighted by molar-refractivity contribution is 0.150. The Balaban J connectivity index is 2.84. The molecule has 1 aromatic rings. The van der Waals surface area contributed by atoms with Gasteiger partial charge in [0.25, 0.3) is 0 Å². The highest BCUT2D eigenvalue weighted by Gasteiger charge is 2.11. The van der Waals surface area contributed by atoms with Crippen molar-refractivity contribution in [3.8, 4) is 0 Å². The van der Waals surface area contributed by atoms with Crippen LogP contribution < -0.4 is 0 Å². The summed E-state index contributed by atoms with van der Waals surface area (Å²) < 4.78 is 12.9. The Bertz CT molecular complexity index is 292. The molecule has 0 aromatic heterocycles. The third-order valence-corrected chi connectivity index (χ3v) is 2.18. The average molecular weight is 217 g/mol. The van der Waals surface area contributed by atoms with E-state index in [0.717, 1.165) is 0 Å². The summed E-state index contributed by atoms with van der Waals surface area (Å²) in [5, 5.41) is 10.0. The van der Waals surface area contributed by atoms with Crippen molar-refractivity contribution in [2.24, 2.45) is 5.92 Å². The Morgan fingerprint density at radius 1 is 1.36 bits per heavy atom. The first-order chi connectivity index (χ1) is 6.49. The average Bonchev–Trinajstić information content (AvgIpc) is 2.00. The molecule has 1 rings (SSSR count). The monoisotopic (exact) mass is 216 g/mol. The van der Waals surface area contributed by atoms with Crippen LogP contribution in [0.25, 0.3) is 0 Å². The molecule has 0 bridgehead atoms. The van der Waals surface area contributed by atoms with E-state index in [-0.39, 0.29) is 0 Å². The molecule has 1 atom stereocenters. The van der Waals surface area contributed by atoms with E-state index >= 15 is 0 Å². The molecule has 0 aliphatic heterocycles. The molecular formula is C11H14ClFO. The van der Waals surface area contributed by atoms with E-state index in [4.69, 9.17) is 11.6 Å². The van der Waals surface area contributed by atoms with Crippen LogP contribution in [-0.2, 0) is 0 Å². The summed E-state index contributed by atoms with van der Waals surface area (Å²) in [5.41, 5.74) is 0.545. The molecule has 0 amide bonds. The molecule has 0 heterocycles. The van der Waals surface area contributed by atoms with Crippen molar-refractivity contribution in [3.05, 3.63) is 34.6 Å².